The summed E-state index contributed by atoms with van der Waals surface area (Å²) in [6, 6.07) is 8.96. The molecule has 2 saturated carbocycles. The average molecular weight is 286 g/mol. The first-order chi connectivity index (χ1) is 10.1. The minimum absolute atomic E-state index is 0.155. The topological polar surface area (TPSA) is 55.1 Å². The molecule has 3 nitrogen and oxygen atoms in total. The minimum Gasteiger partial charge on any atom is -0.352 e. The van der Waals surface area contributed by atoms with Crippen LogP contribution in [0.1, 0.15) is 56.1 Å². The molecule has 3 unspecified atom stereocenters. The molecular formula is C18H26N2O. The van der Waals surface area contributed by atoms with Crippen LogP contribution < -0.4 is 11.1 Å². The van der Waals surface area contributed by atoms with Crippen molar-refractivity contribution in [1.82, 2.24) is 5.32 Å². The van der Waals surface area contributed by atoms with Crippen molar-refractivity contribution in [1.29, 1.82) is 0 Å². The fraction of sp³-hybridized carbons (Fsp3) is 0.611. The summed E-state index contributed by atoms with van der Waals surface area (Å²) in [4.78, 5) is 12.3. The molecule has 0 aromatic heterocycles. The van der Waals surface area contributed by atoms with Crippen LogP contribution in [-0.4, -0.2) is 18.5 Å². The Morgan fingerprint density at radius 1 is 1.29 bits per heavy atom. The Balaban J connectivity index is 1.56. The molecule has 21 heavy (non-hydrogen) atoms. The minimum atomic E-state index is 0.155. The average Bonchev–Trinajstić information content (AvgIpc) is 3.37. The van der Waals surface area contributed by atoms with Gasteiger partial charge in [-0.1, -0.05) is 38.1 Å². The maximum absolute atomic E-state index is 12.3. The Kier molecular flexibility index (Phi) is 4.03. The molecule has 1 amide bonds. The molecular weight excluding hydrogens is 260 g/mol. The second-order valence-electron chi connectivity index (χ2n) is 6.96. The van der Waals surface area contributed by atoms with E-state index in [0.717, 1.165) is 6.42 Å². The highest BCUT2D eigenvalue weighted by molar-refractivity contribution is 5.83. The number of carbonyl (C=O) groups is 1. The molecule has 3 rings (SSSR count). The zero-order chi connectivity index (χ0) is 15.0. The molecule has 0 bridgehead atoms. The van der Waals surface area contributed by atoms with Gasteiger partial charge in [0, 0.05) is 18.5 Å². The van der Waals surface area contributed by atoms with Gasteiger partial charge in [-0.15, -0.1) is 0 Å². The number of nitrogens with two attached hydrogens (primary N) is 1. The Morgan fingerprint density at radius 2 is 1.95 bits per heavy atom. The quantitative estimate of drug-likeness (QED) is 0.845. The van der Waals surface area contributed by atoms with Crippen LogP contribution in [0.4, 0.5) is 0 Å². The number of benzene rings is 1. The van der Waals surface area contributed by atoms with Crippen molar-refractivity contribution in [3.8, 4) is 0 Å². The summed E-state index contributed by atoms with van der Waals surface area (Å²) in [7, 11) is 0. The normalized spacial score (nSPS) is 25.7. The van der Waals surface area contributed by atoms with E-state index in [-0.39, 0.29) is 17.9 Å². The van der Waals surface area contributed by atoms with Gasteiger partial charge in [-0.25, -0.2) is 0 Å². The van der Waals surface area contributed by atoms with Crippen LogP contribution in [0.2, 0.25) is 0 Å². The van der Waals surface area contributed by atoms with Crippen molar-refractivity contribution < 1.29 is 4.79 Å². The van der Waals surface area contributed by atoms with Crippen LogP contribution in [0.25, 0.3) is 0 Å². The summed E-state index contributed by atoms with van der Waals surface area (Å²) in [6.45, 7) is 4.97. The van der Waals surface area contributed by atoms with E-state index in [1.54, 1.807) is 0 Å². The van der Waals surface area contributed by atoms with E-state index in [1.165, 1.54) is 24.0 Å². The smallest absolute Gasteiger partial charge is 0.224 e. The van der Waals surface area contributed by atoms with Crippen molar-refractivity contribution >= 4 is 5.91 Å². The molecule has 3 N–H and O–H groups in total. The second-order valence-corrected chi connectivity index (χ2v) is 6.96. The van der Waals surface area contributed by atoms with Crippen LogP contribution in [0, 0.1) is 11.8 Å². The van der Waals surface area contributed by atoms with Crippen LogP contribution in [0.3, 0.4) is 0 Å². The van der Waals surface area contributed by atoms with E-state index >= 15 is 0 Å². The number of amides is 1. The molecule has 3 atom stereocenters. The van der Waals surface area contributed by atoms with E-state index in [4.69, 9.17) is 5.73 Å². The molecule has 0 aliphatic heterocycles. The number of nitrogens with one attached hydrogen (secondary N) is 1. The van der Waals surface area contributed by atoms with E-state index < -0.39 is 0 Å². The Labute approximate surface area is 127 Å². The molecule has 0 spiro atoms. The van der Waals surface area contributed by atoms with Crippen LogP contribution in [-0.2, 0) is 4.79 Å². The fourth-order valence-corrected chi connectivity index (χ4v) is 3.14. The van der Waals surface area contributed by atoms with Crippen LogP contribution in [0.15, 0.2) is 24.3 Å². The summed E-state index contributed by atoms with van der Waals surface area (Å²) in [6.07, 6.45) is 3.41. The molecule has 1 aromatic rings. The van der Waals surface area contributed by atoms with Gasteiger partial charge in [0.25, 0.3) is 0 Å². The van der Waals surface area contributed by atoms with E-state index in [2.05, 4.69) is 43.4 Å². The first kappa shape index (κ1) is 14.6. The van der Waals surface area contributed by atoms with Gasteiger partial charge in [-0.05, 0) is 48.1 Å². The lowest BCUT2D eigenvalue weighted by Gasteiger charge is -2.16. The highest BCUT2D eigenvalue weighted by atomic mass is 16.2. The van der Waals surface area contributed by atoms with Gasteiger partial charge in [-0.3, -0.25) is 4.79 Å². The molecule has 2 aliphatic rings. The molecule has 0 heterocycles. The molecule has 0 radical (unpaired) electrons. The van der Waals surface area contributed by atoms with Crippen molar-refractivity contribution in [2.24, 2.45) is 17.6 Å². The Morgan fingerprint density at radius 3 is 2.48 bits per heavy atom. The number of hydrogen-bond acceptors (Lipinski definition) is 2. The SMILES string of the molecule is CC(C)c1ccc(C2CC2C(=O)NC(CN)C2CC2)cc1. The summed E-state index contributed by atoms with van der Waals surface area (Å²) in [5, 5.41) is 3.16. The zero-order valence-corrected chi connectivity index (χ0v) is 13.0. The molecule has 2 fully saturated rings. The first-order valence-corrected chi connectivity index (χ1v) is 8.20. The summed E-state index contributed by atoms with van der Waals surface area (Å²) < 4.78 is 0. The van der Waals surface area contributed by atoms with Gasteiger partial charge in [0.1, 0.15) is 0 Å². The fourth-order valence-electron chi connectivity index (χ4n) is 3.14. The first-order valence-electron chi connectivity index (χ1n) is 8.20. The largest absolute Gasteiger partial charge is 0.352 e. The van der Waals surface area contributed by atoms with E-state index in [1.807, 2.05) is 0 Å². The molecule has 0 saturated heterocycles. The van der Waals surface area contributed by atoms with Crippen molar-refractivity contribution in [3.63, 3.8) is 0 Å². The van der Waals surface area contributed by atoms with Gasteiger partial charge in [-0.2, -0.15) is 0 Å². The van der Waals surface area contributed by atoms with Crippen molar-refractivity contribution in [3.05, 3.63) is 35.4 Å². The van der Waals surface area contributed by atoms with Crippen molar-refractivity contribution in [2.75, 3.05) is 6.54 Å². The summed E-state index contributed by atoms with van der Waals surface area (Å²) in [5.41, 5.74) is 8.42. The van der Waals surface area contributed by atoms with E-state index in [9.17, 15) is 4.79 Å². The number of hydrogen-bond donors (Lipinski definition) is 2. The van der Waals surface area contributed by atoms with Gasteiger partial charge in [0.05, 0.1) is 0 Å². The van der Waals surface area contributed by atoms with Gasteiger partial charge >= 0.3 is 0 Å². The monoisotopic (exact) mass is 286 g/mol. The molecule has 1 aromatic carbocycles. The summed E-state index contributed by atoms with van der Waals surface area (Å²) >= 11 is 0. The predicted octanol–water partition coefficient (Wildman–Crippen LogP) is 2.77. The lowest BCUT2D eigenvalue weighted by Crippen LogP contribution is -2.42. The maximum Gasteiger partial charge on any atom is 0.224 e. The molecule has 3 heteroatoms. The van der Waals surface area contributed by atoms with Crippen molar-refractivity contribution in [2.45, 2.75) is 51.0 Å². The molecule has 114 valence electrons. The zero-order valence-electron chi connectivity index (χ0n) is 13.0. The number of rotatable bonds is 6. The van der Waals surface area contributed by atoms with Gasteiger partial charge in [0.15, 0.2) is 0 Å². The van der Waals surface area contributed by atoms with E-state index in [0.29, 0.717) is 24.3 Å². The predicted molar refractivity (Wildman–Crippen MR) is 85.1 cm³/mol. The standard InChI is InChI=1S/C18H26N2O/c1-11(2)12-3-5-13(6-4-12)15-9-16(15)18(21)20-17(10-19)14-7-8-14/h3-6,11,14-17H,7-10,19H2,1-2H3,(H,20,21). The highest BCUT2D eigenvalue weighted by Gasteiger charge is 2.45. The third-order valence-electron chi connectivity index (χ3n) is 4.93. The van der Waals surface area contributed by atoms with Crippen LogP contribution >= 0.6 is 0 Å². The third kappa shape index (κ3) is 3.29. The molecule has 2 aliphatic carbocycles. The lowest BCUT2D eigenvalue weighted by atomic mass is 10.00. The summed E-state index contributed by atoms with van der Waals surface area (Å²) in [5.74, 6) is 1.95. The van der Waals surface area contributed by atoms with Gasteiger partial charge < -0.3 is 11.1 Å². The highest BCUT2D eigenvalue weighted by Crippen LogP contribution is 2.48. The lowest BCUT2D eigenvalue weighted by molar-refractivity contribution is -0.123. The van der Waals surface area contributed by atoms with Gasteiger partial charge in [0.2, 0.25) is 5.91 Å². The Bertz CT molecular complexity index is 504. The maximum atomic E-state index is 12.3. The number of carbonyl (C=O) groups excluding carboxylic acids is 1. The Hall–Kier alpha value is -1.35. The second kappa shape index (κ2) is 5.80. The third-order valence-corrected chi connectivity index (χ3v) is 4.93. The van der Waals surface area contributed by atoms with Crippen LogP contribution in [0.5, 0.6) is 0 Å².